The summed E-state index contributed by atoms with van der Waals surface area (Å²) in [6.07, 6.45) is 5.10. The highest BCUT2D eigenvalue weighted by molar-refractivity contribution is 5.21. The van der Waals surface area contributed by atoms with Crippen molar-refractivity contribution in [2.75, 3.05) is 0 Å². The van der Waals surface area contributed by atoms with Crippen molar-refractivity contribution in [3.63, 3.8) is 0 Å². The van der Waals surface area contributed by atoms with Crippen molar-refractivity contribution in [3.8, 4) is 0 Å². The van der Waals surface area contributed by atoms with E-state index < -0.39 is 0 Å². The minimum atomic E-state index is 0.464. The van der Waals surface area contributed by atoms with Crippen molar-refractivity contribution in [2.24, 2.45) is 5.84 Å². The first-order valence-electron chi connectivity index (χ1n) is 5.43. The molecular weight excluding hydrogens is 172 g/mol. The van der Waals surface area contributed by atoms with E-state index in [2.05, 4.69) is 35.8 Å². The lowest BCUT2D eigenvalue weighted by atomic mass is 9.80. The highest BCUT2D eigenvalue weighted by Crippen LogP contribution is 2.32. The molecule has 1 aliphatic carbocycles. The lowest BCUT2D eigenvalue weighted by Gasteiger charge is -2.31. The SMILES string of the molecule is NN[C@H]1CCCC[C@H]1c1ccccc1. The molecule has 0 aliphatic heterocycles. The molecule has 1 fully saturated rings. The number of nitrogens with two attached hydrogens (primary N) is 1. The van der Waals surface area contributed by atoms with Gasteiger partial charge in [0.1, 0.15) is 0 Å². The monoisotopic (exact) mass is 190 g/mol. The Hall–Kier alpha value is -0.860. The van der Waals surface area contributed by atoms with Gasteiger partial charge in [0.2, 0.25) is 0 Å². The highest BCUT2D eigenvalue weighted by atomic mass is 15.2. The molecule has 1 saturated carbocycles. The van der Waals surface area contributed by atoms with E-state index in [4.69, 9.17) is 5.84 Å². The summed E-state index contributed by atoms with van der Waals surface area (Å²) >= 11 is 0. The lowest BCUT2D eigenvalue weighted by molar-refractivity contribution is 0.331. The Bertz CT molecular complexity index is 271. The average Bonchev–Trinajstić information content (AvgIpc) is 2.30. The molecule has 2 nitrogen and oxygen atoms in total. The normalized spacial score (nSPS) is 27.5. The molecule has 1 aromatic rings. The van der Waals surface area contributed by atoms with Gasteiger partial charge in [-0.2, -0.15) is 0 Å². The molecular formula is C12H18N2. The summed E-state index contributed by atoms with van der Waals surface area (Å²) in [5, 5.41) is 0. The van der Waals surface area contributed by atoms with Gasteiger partial charge in [-0.15, -0.1) is 0 Å². The van der Waals surface area contributed by atoms with Crippen LogP contribution in [0.3, 0.4) is 0 Å². The first-order valence-corrected chi connectivity index (χ1v) is 5.43. The van der Waals surface area contributed by atoms with Crippen LogP contribution in [0, 0.1) is 0 Å². The summed E-state index contributed by atoms with van der Waals surface area (Å²) in [5.41, 5.74) is 4.38. The average molecular weight is 190 g/mol. The predicted molar refractivity (Wildman–Crippen MR) is 58.8 cm³/mol. The van der Waals surface area contributed by atoms with Crippen LogP contribution >= 0.6 is 0 Å². The minimum absolute atomic E-state index is 0.464. The Kier molecular flexibility index (Phi) is 3.17. The third-order valence-electron chi connectivity index (χ3n) is 3.21. The lowest BCUT2D eigenvalue weighted by Crippen LogP contribution is -2.41. The molecule has 2 rings (SSSR count). The highest BCUT2D eigenvalue weighted by Gasteiger charge is 2.24. The van der Waals surface area contributed by atoms with Crippen LogP contribution in [-0.2, 0) is 0 Å². The van der Waals surface area contributed by atoms with Gasteiger partial charge in [-0.1, -0.05) is 43.2 Å². The topological polar surface area (TPSA) is 38.0 Å². The van der Waals surface area contributed by atoms with Crippen LogP contribution in [0.15, 0.2) is 30.3 Å². The number of benzene rings is 1. The van der Waals surface area contributed by atoms with E-state index in [1.54, 1.807) is 0 Å². The van der Waals surface area contributed by atoms with Crippen molar-refractivity contribution >= 4 is 0 Å². The number of hydrogen-bond acceptors (Lipinski definition) is 2. The van der Waals surface area contributed by atoms with Gasteiger partial charge in [0, 0.05) is 12.0 Å². The molecule has 14 heavy (non-hydrogen) atoms. The zero-order chi connectivity index (χ0) is 9.80. The Morgan fingerprint density at radius 1 is 1.07 bits per heavy atom. The van der Waals surface area contributed by atoms with Gasteiger partial charge in [-0.05, 0) is 18.4 Å². The van der Waals surface area contributed by atoms with E-state index >= 15 is 0 Å². The largest absolute Gasteiger partial charge is 0.271 e. The van der Waals surface area contributed by atoms with Crippen LogP contribution in [0.5, 0.6) is 0 Å². The second kappa shape index (κ2) is 4.58. The Labute approximate surface area is 85.5 Å². The number of hydrogen-bond donors (Lipinski definition) is 2. The molecule has 0 unspecified atom stereocenters. The number of nitrogens with one attached hydrogen (secondary N) is 1. The van der Waals surface area contributed by atoms with Gasteiger partial charge in [0.05, 0.1) is 0 Å². The first-order chi connectivity index (χ1) is 6.92. The van der Waals surface area contributed by atoms with Gasteiger partial charge < -0.3 is 0 Å². The van der Waals surface area contributed by atoms with Crippen LogP contribution in [0.25, 0.3) is 0 Å². The Balaban J connectivity index is 2.15. The van der Waals surface area contributed by atoms with Crippen molar-refractivity contribution in [2.45, 2.75) is 37.6 Å². The van der Waals surface area contributed by atoms with Crippen molar-refractivity contribution in [1.29, 1.82) is 0 Å². The summed E-state index contributed by atoms with van der Waals surface area (Å²) in [4.78, 5) is 0. The number of rotatable bonds is 2. The molecule has 0 bridgehead atoms. The molecule has 0 aromatic heterocycles. The van der Waals surface area contributed by atoms with Crippen LogP contribution in [0.4, 0.5) is 0 Å². The van der Waals surface area contributed by atoms with Gasteiger partial charge in [0.25, 0.3) is 0 Å². The fourth-order valence-electron chi connectivity index (χ4n) is 2.43. The van der Waals surface area contributed by atoms with E-state index in [1.807, 2.05) is 0 Å². The molecule has 2 atom stereocenters. The van der Waals surface area contributed by atoms with Crippen LogP contribution in [0.2, 0.25) is 0 Å². The molecule has 1 aromatic carbocycles. The van der Waals surface area contributed by atoms with Crippen molar-refractivity contribution < 1.29 is 0 Å². The fourth-order valence-corrected chi connectivity index (χ4v) is 2.43. The van der Waals surface area contributed by atoms with E-state index in [0.717, 1.165) is 0 Å². The smallest absolute Gasteiger partial charge is 0.0279 e. The molecule has 0 radical (unpaired) electrons. The summed E-state index contributed by atoms with van der Waals surface area (Å²) in [6.45, 7) is 0. The molecule has 0 amide bonds. The van der Waals surface area contributed by atoms with Crippen molar-refractivity contribution in [3.05, 3.63) is 35.9 Å². The maximum atomic E-state index is 5.58. The molecule has 0 saturated heterocycles. The van der Waals surface area contributed by atoms with Crippen molar-refractivity contribution in [1.82, 2.24) is 5.43 Å². The summed E-state index contributed by atoms with van der Waals surface area (Å²) in [7, 11) is 0. The quantitative estimate of drug-likeness (QED) is 0.554. The fraction of sp³-hybridized carbons (Fsp3) is 0.500. The first kappa shape index (κ1) is 9.69. The van der Waals surface area contributed by atoms with E-state index in [9.17, 15) is 0 Å². The van der Waals surface area contributed by atoms with E-state index in [0.29, 0.717) is 12.0 Å². The minimum Gasteiger partial charge on any atom is -0.271 e. The Morgan fingerprint density at radius 3 is 2.50 bits per heavy atom. The molecule has 0 spiro atoms. The molecule has 3 N–H and O–H groups in total. The van der Waals surface area contributed by atoms with Crippen LogP contribution < -0.4 is 11.3 Å². The van der Waals surface area contributed by atoms with E-state index in [-0.39, 0.29) is 0 Å². The maximum absolute atomic E-state index is 5.58. The summed E-state index contributed by atoms with van der Waals surface area (Å²) < 4.78 is 0. The summed E-state index contributed by atoms with van der Waals surface area (Å²) in [6, 6.07) is 11.2. The third-order valence-corrected chi connectivity index (χ3v) is 3.21. The maximum Gasteiger partial charge on any atom is 0.0279 e. The second-order valence-corrected chi connectivity index (χ2v) is 4.07. The zero-order valence-electron chi connectivity index (χ0n) is 8.45. The Morgan fingerprint density at radius 2 is 1.79 bits per heavy atom. The van der Waals surface area contributed by atoms with Crippen LogP contribution in [-0.4, -0.2) is 6.04 Å². The van der Waals surface area contributed by atoms with Gasteiger partial charge in [-0.3, -0.25) is 11.3 Å². The molecule has 76 valence electrons. The molecule has 0 heterocycles. The second-order valence-electron chi connectivity index (χ2n) is 4.07. The third kappa shape index (κ3) is 1.97. The van der Waals surface area contributed by atoms with E-state index in [1.165, 1.54) is 31.2 Å². The van der Waals surface area contributed by atoms with Gasteiger partial charge in [-0.25, -0.2) is 0 Å². The predicted octanol–water partition coefficient (Wildman–Crippen LogP) is 2.18. The van der Waals surface area contributed by atoms with Gasteiger partial charge >= 0.3 is 0 Å². The molecule has 2 heteroatoms. The summed E-state index contributed by atoms with van der Waals surface area (Å²) in [5.74, 6) is 6.19. The molecule has 1 aliphatic rings. The number of hydrazine groups is 1. The van der Waals surface area contributed by atoms with Gasteiger partial charge in [0.15, 0.2) is 0 Å². The van der Waals surface area contributed by atoms with Crippen LogP contribution in [0.1, 0.15) is 37.2 Å². The standard InChI is InChI=1S/C12H18N2/c13-14-12-9-5-4-8-11(12)10-6-2-1-3-7-10/h1-3,6-7,11-12,14H,4-5,8-9,13H2/t11-,12-/m0/s1. The zero-order valence-corrected chi connectivity index (χ0v) is 8.45.